The van der Waals surface area contributed by atoms with E-state index >= 15 is 0 Å². The summed E-state index contributed by atoms with van der Waals surface area (Å²) < 4.78 is 33.0. The van der Waals surface area contributed by atoms with Crippen molar-refractivity contribution < 1.29 is 27.5 Å². The molecule has 6 nitrogen and oxygen atoms in total. The number of ether oxygens (including phenoxy) is 1. The van der Waals surface area contributed by atoms with E-state index in [1.165, 1.54) is 0 Å². The molecule has 0 aliphatic carbocycles. The largest absolute Gasteiger partial charge is 0.415 e. The predicted octanol–water partition coefficient (Wildman–Crippen LogP) is 5.72. The Morgan fingerprint density at radius 3 is 1.64 bits per heavy atom. The van der Waals surface area contributed by atoms with Gasteiger partial charge >= 0.3 is 0 Å². The highest BCUT2D eigenvalue weighted by molar-refractivity contribution is 6.71. The van der Waals surface area contributed by atoms with Crippen LogP contribution in [0.2, 0.25) is 78.6 Å². The van der Waals surface area contributed by atoms with Crippen LogP contribution in [0.4, 0.5) is 0 Å². The molecule has 1 rings (SSSR count). The quantitative estimate of drug-likeness (QED) is 0.270. The average Bonchev–Trinajstić information content (AvgIpc) is 2.56. The van der Waals surface area contributed by atoms with Gasteiger partial charge in [0.05, 0.1) is 6.61 Å². The van der Waals surface area contributed by atoms with E-state index in [0.29, 0.717) is 12.2 Å². The lowest BCUT2D eigenvalue weighted by molar-refractivity contribution is -0.320. The number of aliphatic hydroxyl groups is 1. The van der Waals surface area contributed by atoms with E-state index in [1.807, 2.05) is 13.0 Å². The minimum atomic E-state index is -2.12. The van der Waals surface area contributed by atoms with E-state index in [9.17, 15) is 5.11 Å². The average molecular weight is 535 g/mol. The molecule has 194 valence electrons. The SMILES string of the molecule is C=C/C(=C\C)[C@]1(O)O[C@H](CO[Si](C)(C)C)C(O[Si](C)(C)C)C(O[Si](C)(C)C)C1O[Si](C)(C)C. The molecule has 3 unspecified atom stereocenters. The molecule has 0 aromatic heterocycles. The highest BCUT2D eigenvalue weighted by atomic mass is 28.4. The molecule has 1 aliphatic rings. The third-order valence-electron chi connectivity index (χ3n) is 4.79. The Kier molecular flexibility index (Phi) is 10.4. The molecule has 1 heterocycles. The van der Waals surface area contributed by atoms with Gasteiger partial charge in [-0.2, -0.15) is 0 Å². The van der Waals surface area contributed by atoms with Crippen LogP contribution in [0, 0.1) is 0 Å². The Morgan fingerprint density at radius 2 is 1.27 bits per heavy atom. The number of rotatable bonds is 11. The lowest BCUT2D eigenvalue weighted by Gasteiger charge is -2.54. The fourth-order valence-corrected chi connectivity index (χ4v) is 7.65. The molecule has 0 bridgehead atoms. The maximum Gasteiger partial charge on any atom is 0.221 e. The van der Waals surface area contributed by atoms with Gasteiger partial charge in [-0.25, -0.2) is 0 Å². The smallest absolute Gasteiger partial charge is 0.221 e. The number of hydrogen-bond donors (Lipinski definition) is 1. The van der Waals surface area contributed by atoms with Crippen LogP contribution in [0.15, 0.2) is 24.3 Å². The summed E-state index contributed by atoms with van der Waals surface area (Å²) in [6.07, 6.45) is 1.30. The van der Waals surface area contributed by atoms with Crippen molar-refractivity contribution in [2.24, 2.45) is 0 Å². The minimum Gasteiger partial charge on any atom is -0.415 e. The van der Waals surface area contributed by atoms with E-state index in [0.717, 1.165) is 0 Å². The number of allylic oxidation sites excluding steroid dienone is 1. The highest BCUT2D eigenvalue weighted by Gasteiger charge is 2.59. The summed E-state index contributed by atoms with van der Waals surface area (Å²) in [4.78, 5) is 0. The summed E-state index contributed by atoms with van der Waals surface area (Å²) >= 11 is 0. The molecule has 1 N–H and O–H groups in total. The van der Waals surface area contributed by atoms with Gasteiger partial charge in [0.25, 0.3) is 0 Å². The van der Waals surface area contributed by atoms with Crippen LogP contribution in [0.25, 0.3) is 0 Å². The minimum absolute atomic E-state index is 0.326. The van der Waals surface area contributed by atoms with Crippen molar-refractivity contribution in [2.75, 3.05) is 6.61 Å². The molecule has 0 radical (unpaired) electrons. The van der Waals surface area contributed by atoms with Gasteiger partial charge in [0.2, 0.25) is 5.79 Å². The molecule has 0 amide bonds. The van der Waals surface area contributed by atoms with Gasteiger partial charge in [0, 0.05) is 5.57 Å². The van der Waals surface area contributed by atoms with Gasteiger partial charge in [-0.15, -0.1) is 0 Å². The first-order valence-corrected chi connectivity index (χ1v) is 25.6. The molecule has 0 aromatic rings. The van der Waals surface area contributed by atoms with E-state index in [-0.39, 0.29) is 0 Å². The summed E-state index contributed by atoms with van der Waals surface area (Å²) in [6.45, 7) is 31.8. The Balaban J connectivity index is 3.73. The van der Waals surface area contributed by atoms with Crippen molar-refractivity contribution in [2.45, 2.75) is 116 Å². The lowest BCUT2D eigenvalue weighted by Crippen LogP contribution is -2.71. The maximum absolute atomic E-state index is 12.1. The molecular formula is C23H50O6Si4. The van der Waals surface area contributed by atoms with E-state index in [1.54, 1.807) is 6.08 Å². The first-order chi connectivity index (χ1) is 14.6. The zero-order valence-electron chi connectivity index (χ0n) is 23.4. The Labute approximate surface area is 207 Å². The molecule has 1 saturated heterocycles. The first kappa shape index (κ1) is 31.1. The Hall–Kier alpha value is 0.108. The van der Waals surface area contributed by atoms with Crippen LogP contribution in [-0.4, -0.2) is 75.2 Å². The van der Waals surface area contributed by atoms with Crippen molar-refractivity contribution in [3.63, 3.8) is 0 Å². The monoisotopic (exact) mass is 534 g/mol. The van der Waals surface area contributed by atoms with Crippen LogP contribution >= 0.6 is 0 Å². The van der Waals surface area contributed by atoms with Gasteiger partial charge in [0.15, 0.2) is 33.3 Å². The topological polar surface area (TPSA) is 66.4 Å². The van der Waals surface area contributed by atoms with Gasteiger partial charge in [-0.05, 0) is 85.5 Å². The number of hydrogen-bond acceptors (Lipinski definition) is 6. The molecule has 5 atom stereocenters. The zero-order chi connectivity index (χ0) is 26.0. The van der Waals surface area contributed by atoms with Crippen LogP contribution in [0.1, 0.15) is 6.92 Å². The molecule has 0 spiro atoms. The molecule has 0 saturated carbocycles. The van der Waals surface area contributed by atoms with Crippen molar-refractivity contribution in [1.82, 2.24) is 0 Å². The summed E-state index contributed by atoms with van der Waals surface area (Å²) in [5, 5.41) is 12.1. The molecule has 1 fully saturated rings. The summed E-state index contributed by atoms with van der Waals surface area (Å²) in [5.74, 6) is -1.71. The standard InChI is InChI=1S/C23H50O6Si4/c1-15-18(16-2)23(24)22(29-33(12,13)14)21(28-32(9,10)11)20(27-31(6,7)8)19(26-23)17-25-30(3,4)5/h15-16,19-22,24H,1,17H2,2-14H3/b18-16+/t19-,20?,21?,22?,23+/m1/s1. The molecule has 33 heavy (non-hydrogen) atoms. The maximum atomic E-state index is 12.1. The van der Waals surface area contributed by atoms with Crippen LogP contribution in [-0.2, 0) is 22.4 Å². The first-order valence-electron chi connectivity index (χ1n) is 12.0. The van der Waals surface area contributed by atoms with Crippen molar-refractivity contribution >= 4 is 33.3 Å². The van der Waals surface area contributed by atoms with Crippen molar-refractivity contribution in [1.29, 1.82) is 0 Å². The molecule has 0 aromatic carbocycles. The molecule has 1 aliphatic heterocycles. The summed E-state index contributed by atoms with van der Waals surface area (Å²) in [5.41, 5.74) is 0.569. The fourth-order valence-electron chi connectivity index (χ4n) is 3.75. The zero-order valence-corrected chi connectivity index (χ0v) is 27.4. The second-order valence-electron chi connectivity index (χ2n) is 12.8. The van der Waals surface area contributed by atoms with Crippen LogP contribution < -0.4 is 0 Å². The predicted molar refractivity (Wildman–Crippen MR) is 148 cm³/mol. The summed E-state index contributed by atoms with van der Waals surface area (Å²) in [6, 6.07) is 0. The Morgan fingerprint density at radius 1 is 0.818 bits per heavy atom. The van der Waals surface area contributed by atoms with Crippen molar-refractivity contribution in [3.8, 4) is 0 Å². The van der Waals surface area contributed by atoms with Crippen LogP contribution in [0.5, 0.6) is 0 Å². The normalized spacial score (nSPS) is 30.4. The molecular weight excluding hydrogens is 485 g/mol. The second kappa shape index (κ2) is 11.0. The third kappa shape index (κ3) is 9.94. The van der Waals surface area contributed by atoms with Crippen molar-refractivity contribution in [3.05, 3.63) is 24.3 Å². The van der Waals surface area contributed by atoms with Crippen LogP contribution in [0.3, 0.4) is 0 Å². The lowest BCUT2D eigenvalue weighted by atomic mass is 9.88. The van der Waals surface area contributed by atoms with E-state index in [4.69, 9.17) is 22.4 Å². The highest BCUT2D eigenvalue weighted by Crippen LogP contribution is 2.41. The van der Waals surface area contributed by atoms with Gasteiger partial charge in [0.1, 0.15) is 24.4 Å². The second-order valence-corrected chi connectivity index (χ2v) is 30.7. The Bertz CT molecular complexity index is 687. The van der Waals surface area contributed by atoms with Gasteiger partial charge in [-0.3, -0.25) is 0 Å². The van der Waals surface area contributed by atoms with E-state index < -0.39 is 63.5 Å². The molecule has 10 heteroatoms. The van der Waals surface area contributed by atoms with E-state index in [2.05, 4.69) is 85.1 Å². The third-order valence-corrected chi connectivity index (χ3v) is 8.74. The van der Waals surface area contributed by atoms with Gasteiger partial charge < -0.3 is 27.5 Å². The van der Waals surface area contributed by atoms with Gasteiger partial charge in [-0.1, -0.05) is 18.7 Å². The summed E-state index contributed by atoms with van der Waals surface area (Å²) in [7, 11) is -8.02. The fraction of sp³-hybridized carbons (Fsp3) is 0.826.